The molecule has 0 spiro atoms. The SMILES string of the molecule is C=C(C)C(=O)N(C)CC(NC(=O)OC(C)(C)C)C(=O)N1CCCC1C(N)=O. The van der Waals surface area contributed by atoms with E-state index in [4.69, 9.17) is 10.5 Å². The lowest BCUT2D eigenvalue weighted by Crippen LogP contribution is -2.57. The van der Waals surface area contributed by atoms with E-state index < -0.39 is 35.6 Å². The second-order valence-corrected chi connectivity index (χ2v) is 7.76. The van der Waals surface area contributed by atoms with E-state index in [1.165, 1.54) is 16.8 Å². The van der Waals surface area contributed by atoms with Gasteiger partial charge in [0, 0.05) is 19.2 Å². The third-order valence-corrected chi connectivity index (χ3v) is 4.02. The molecule has 9 heteroatoms. The Labute approximate surface area is 159 Å². The van der Waals surface area contributed by atoms with E-state index in [9.17, 15) is 19.2 Å². The molecule has 1 aliphatic rings. The largest absolute Gasteiger partial charge is 0.444 e. The Morgan fingerprint density at radius 3 is 2.41 bits per heavy atom. The summed E-state index contributed by atoms with van der Waals surface area (Å²) in [6.45, 7) is 10.5. The van der Waals surface area contributed by atoms with Crippen molar-refractivity contribution >= 4 is 23.8 Å². The molecule has 1 fully saturated rings. The van der Waals surface area contributed by atoms with Gasteiger partial charge in [-0.05, 0) is 40.5 Å². The van der Waals surface area contributed by atoms with Crippen molar-refractivity contribution in [2.75, 3.05) is 20.1 Å². The van der Waals surface area contributed by atoms with Gasteiger partial charge in [-0.15, -0.1) is 0 Å². The van der Waals surface area contributed by atoms with Crippen molar-refractivity contribution in [2.24, 2.45) is 5.73 Å². The highest BCUT2D eigenvalue weighted by Gasteiger charge is 2.38. The fourth-order valence-corrected chi connectivity index (χ4v) is 2.84. The number of nitrogens with zero attached hydrogens (tertiary/aromatic N) is 2. The van der Waals surface area contributed by atoms with Gasteiger partial charge in [-0.25, -0.2) is 4.79 Å². The molecule has 0 saturated carbocycles. The van der Waals surface area contributed by atoms with Crippen molar-refractivity contribution in [3.63, 3.8) is 0 Å². The van der Waals surface area contributed by atoms with E-state index in [0.717, 1.165) is 0 Å². The zero-order valence-electron chi connectivity index (χ0n) is 16.7. The molecule has 1 heterocycles. The minimum absolute atomic E-state index is 0.0915. The minimum atomic E-state index is -1.08. The molecule has 2 unspecified atom stereocenters. The molecule has 0 aromatic carbocycles. The van der Waals surface area contributed by atoms with E-state index in [1.54, 1.807) is 27.7 Å². The van der Waals surface area contributed by atoms with Crippen molar-refractivity contribution in [3.8, 4) is 0 Å². The van der Waals surface area contributed by atoms with E-state index in [2.05, 4.69) is 11.9 Å². The van der Waals surface area contributed by atoms with Crippen molar-refractivity contribution in [1.29, 1.82) is 0 Å². The Morgan fingerprint density at radius 1 is 1.33 bits per heavy atom. The number of carbonyl (C=O) groups excluding carboxylic acids is 4. The number of nitrogens with two attached hydrogens (primary N) is 1. The molecule has 1 aliphatic heterocycles. The Hall–Kier alpha value is -2.58. The monoisotopic (exact) mass is 382 g/mol. The van der Waals surface area contributed by atoms with Crippen LogP contribution in [0.5, 0.6) is 0 Å². The highest BCUT2D eigenvalue weighted by molar-refractivity contribution is 5.94. The molecule has 2 atom stereocenters. The minimum Gasteiger partial charge on any atom is -0.444 e. The maximum atomic E-state index is 13.0. The molecule has 0 bridgehead atoms. The smallest absolute Gasteiger partial charge is 0.408 e. The van der Waals surface area contributed by atoms with Gasteiger partial charge in [0.05, 0.1) is 6.54 Å². The first kappa shape index (κ1) is 22.5. The quantitative estimate of drug-likeness (QED) is 0.644. The van der Waals surface area contributed by atoms with Crippen LogP contribution in [0.1, 0.15) is 40.5 Å². The first-order valence-electron chi connectivity index (χ1n) is 8.83. The van der Waals surface area contributed by atoms with Gasteiger partial charge < -0.3 is 25.6 Å². The number of nitrogens with one attached hydrogen (secondary N) is 1. The standard InChI is InChI=1S/C18H30N4O5/c1-11(2)15(24)21(6)10-12(20-17(26)27-18(3,4)5)16(25)22-9-7-8-13(22)14(19)23/h12-13H,1,7-10H2,2-6H3,(H2,19,23)(H,20,26). The molecule has 1 rings (SSSR count). The number of hydrogen-bond donors (Lipinski definition) is 2. The first-order valence-corrected chi connectivity index (χ1v) is 8.83. The molecule has 27 heavy (non-hydrogen) atoms. The van der Waals surface area contributed by atoms with E-state index >= 15 is 0 Å². The van der Waals surface area contributed by atoms with E-state index in [1.807, 2.05) is 0 Å². The summed E-state index contributed by atoms with van der Waals surface area (Å²) in [7, 11) is 1.50. The number of rotatable bonds is 6. The molecule has 0 aliphatic carbocycles. The van der Waals surface area contributed by atoms with Gasteiger partial charge >= 0.3 is 6.09 Å². The maximum Gasteiger partial charge on any atom is 0.408 e. The van der Waals surface area contributed by atoms with Crippen molar-refractivity contribution in [2.45, 2.75) is 58.2 Å². The van der Waals surface area contributed by atoms with Crippen LogP contribution in [0.4, 0.5) is 4.79 Å². The van der Waals surface area contributed by atoms with Gasteiger partial charge in [-0.1, -0.05) is 6.58 Å². The summed E-state index contributed by atoms with van der Waals surface area (Å²) in [5.74, 6) is -1.43. The zero-order chi connectivity index (χ0) is 20.9. The van der Waals surface area contributed by atoms with Gasteiger partial charge in [0.1, 0.15) is 17.7 Å². The third-order valence-electron chi connectivity index (χ3n) is 4.02. The lowest BCUT2D eigenvalue weighted by molar-refractivity contribution is -0.140. The van der Waals surface area contributed by atoms with Gasteiger partial charge in [0.2, 0.25) is 17.7 Å². The van der Waals surface area contributed by atoms with Gasteiger partial charge in [0.15, 0.2) is 0 Å². The second-order valence-electron chi connectivity index (χ2n) is 7.76. The number of likely N-dealkylation sites (N-methyl/N-ethyl adjacent to an activating group) is 1. The fraction of sp³-hybridized carbons (Fsp3) is 0.667. The van der Waals surface area contributed by atoms with Crippen LogP contribution in [0, 0.1) is 0 Å². The summed E-state index contributed by atoms with van der Waals surface area (Å²) >= 11 is 0. The number of ether oxygens (including phenoxy) is 1. The van der Waals surface area contributed by atoms with E-state index in [0.29, 0.717) is 25.0 Å². The van der Waals surface area contributed by atoms with Crippen molar-refractivity contribution < 1.29 is 23.9 Å². The molecule has 9 nitrogen and oxygen atoms in total. The van der Waals surface area contributed by atoms with Crippen LogP contribution in [0.25, 0.3) is 0 Å². The van der Waals surface area contributed by atoms with Crippen LogP contribution >= 0.6 is 0 Å². The topological polar surface area (TPSA) is 122 Å². The summed E-state index contributed by atoms with van der Waals surface area (Å²) in [6.07, 6.45) is 0.326. The van der Waals surface area contributed by atoms with E-state index in [-0.39, 0.29) is 12.5 Å². The second kappa shape index (κ2) is 8.88. The molecular weight excluding hydrogens is 352 g/mol. The molecule has 0 radical (unpaired) electrons. The fourth-order valence-electron chi connectivity index (χ4n) is 2.84. The Morgan fingerprint density at radius 2 is 1.93 bits per heavy atom. The average Bonchev–Trinajstić information content (AvgIpc) is 3.00. The Kier molecular flexibility index (Phi) is 7.38. The summed E-state index contributed by atoms with van der Waals surface area (Å²) < 4.78 is 5.21. The molecule has 3 N–H and O–H groups in total. The number of primary amides is 1. The van der Waals surface area contributed by atoms with Crippen LogP contribution in [0.2, 0.25) is 0 Å². The highest BCUT2D eigenvalue weighted by Crippen LogP contribution is 2.18. The molecule has 1 saturated heterocycles. The molecule has 4 amide bonds. The van der Waals surface area contributed by atoms with Gasteiger partial charge in [-0.3, -0.25) is 14.4 Å². The molecular formula is C18H30N4O5. The summed E-state index contributed by atoms with van der Waals surface area (Å²) in [5.41, 5.74) is 4.93. The van der Waals surface area contributed by atoms with Crippen LogP contribution in [0.3, 0.4) is 0 Å². The number of hydrogen-bond acceptors (Lipinski definition) is 5. The maximum absolute atomic E-state index is 13.0. The van der Waals surface area contributed by atoms with Gasteiger partial charge in [0.25, 0.3) is 0 Å². The lowest BCUT2D eigenvalue weighted by Gasteiger charge is -2.31. The predicted octanol–water partition coefficient (Wildman–Crippen LogP) is 0.391. The highest BCUT2D eigenvalue weighted by atomic mass is 16.6. The number of amides is 4. The Bertz CT molecular complexity index is 626. The summed E-state index contributed by atoms with van der Waals surface area (Å²) in [5, 5.41) is 2.51. The van der Waals surface area contributed by atoms with Crippen molar-refractivity contribution in [3.05, 3.63) is 12.2 Å². The van der Waals surface area contributed by atoms with Crippen LogP contribution < -0.4 is 11.1 Å². The van der Waals surface area contributed by atoms with Crippen molar-refractivity contribution in [1.82, 2.24) is 15.1 Å². The summed E-state index contributed by atoms with van der Waals surface area (Å²) in [6, 6.07) is -1.80. The average molecular weight is 382 g/mol. The first-order chi connectivity index (χ1) is 12.3. The molecule has 0 aromatic heterocycles. The number of likely N-dealkylation sites (tertiary alicyclic amines) is 1. The number of carbonyl (C=O) groups is 4. The Balaban J connectivity index is 3.00. The molecule has 0 aromatic rings. The van der Waals surface area contributed by atoms with Crippen LogP contribution in [-0.2, 0) is 19.1 Å². The predicted molar refractivity (Wildman–Crippen MR) is 99.5 cm³/mol. The zero-order valence-corrected chi connectivity index (χ0v) is 16.7. The normalized spacial score (nSPS) is 17.8. The summed E-state index contributed by atoms with van der Waals surface area (Å²) in [4.78, 5) is 51.5. The van der Waals surface area contributed by atoms with Gasteiger partial charge in [-0.2, -0.15) is 0 Å². The third kappa shape index (κ3) is 6.58. The van der Waals surface area contributed by atoms with Crippen LogP contribution in [-0.4, -0.2) is 71.4 Å². The van der Waals surface area contributed by atoms with Crippen LogP contribution in [0.15, 0.2) is 12.2 Å². The molecule has 152 valence electrons. The number of alkyl carbamates (subject to hydrolysis) is 1. The lowest BCUT2D eigenvalue weighted by atomic mass is 10.1.